The summed E-state index contributed by atoms with van der Waals surface area (Å²) < 4.78 is 0. The Bertz CT molecular complexity index is 516. The van der Waals surface area contributed by atoms with Gasteiger partial charge in [0, 0.05) is 19.3 Å². The zero-order chi connectivity index (χ0) is 14.7. The molecule has 6 heteroatoms. The molecule has 1 aromatic heterocycles. The van der Waals surface area contributed by atoms with Gasteiger partial charge in [-0.3, -0.25) is 4.98 Å². The lowest BCUT2D eigenvalue weighted by atomic mass is 9.95. The molecule has 2 rings (SSSR count). The maximum Gasteiger partial charge on any atom is 0.337 e. The summed E-state index contributed by atoms with van der Waals surface area (Å²) in [6.45, 7) is 5.80. The molecule has 1 saturated heterocycles. The normalized spacial score (nSPS) is 18.4. The number of likely N-dealkylation sites (tertiary alicyclic amines) is 1. The highest BCUT2D eigenvalue weighted by molar-refractivity contribution is 5.92. The summed E-state index contributed by atoms with van der Waals surface area (Å²) in [6.07, 6.45) is 3.71. The van der Waals surface area contributed by atoms with Crippen LogP contribution >= 0.6 is 0 Å². The predicted octanol–water partition coefficient (Wildman–Crippen LogP) is 2.29. The van der Waals surface area contributed by atoms with Crippen molar-refractivity contribution < 1.29 is 14.7 Å². The van der Waals surface area contributed by atoms with Gasteiger partial charge in [0.2, 0.25) is 0 Å². The van der Waals surface area contributed by atoms with Crippen LogP contribution in [-0.4, -0.2) is 40.1 Å². The number of hydrogen-bond donors (Lipinski definition) is 2. The van der Waals surface area contributed by atoms with Crippen molar-refractivity contribution in [3.8, 4) is 0 Å². The largest absolute Gasteiger partial charge is 0.478 e. The van der Waals surface area contributed by atoms with Crippen molar-refractivity contribution in [3.63, 3.8) is 0 Å². The van der Waals surface area contributed by atoms with Gasteiger partial charge in [0.25, 0.3) is 0 Å². The highest BCUT2D eigenvalue weighted by atomic mass is 16.4. The second-order valence-corrected chi connectivity index (χ2v) is 5.44. The van der Waals surface area contributed by atoms with Crippen LogP contribution in [0.15, 0.2) is 18.5 Å². The molecule has 108 valence electrons. The Morgan fingerprint density at radius 1 is 1.45 bits per heavy atom. The number of rotatable bonds is 3. The molecule has 0 spiro atoms. The lowest BCUT2D eigenvalue weighted by Crippen LogP contribution is -2.33. The molecular weight excluding hydrogens is 258 g/mol. The number of amides is 2. The van der Waals surface area contributed by atoms with Crippen LogP contribution in [0.3, 0.4) is 0 Å². The van der Waals surface area contributed by atoms with E-state index in [1.165, 1.54) is 18.5 Å². The van der Waals surface area contributed by atoms with E-state index in [2.05, 4.69) is 24.1 Å². The van der Waals surface area contributed by atoms with E-state index in [1.807, 2.05) is 0 Å². The van der Waals surface area contributed by atoms with Gasteiger partial charge < -0.3 is 15.3 Å². The van der Waals surface area contributed by atoms with Crippen molar-refractivity contribution >= 4 is 17.7 Å². The first-order valence-electron chi connectivity index (χ1n) is 6.71. The third-order valence-corrected chi connectivity index (χ3v) is 3.69. The third kappa shape index (κ3) is 3.26. The first-order chi connectivity index (χ1) is 9.47. The molecule has 0 saturated carbocycles. The molecule has 1 aliphatic heterocycles. The number of carboxylic acid groups (broad SMARTS) is 1. The summed E-state index contributed by atoms with van der Waals surface area (Å²) in [5, 5.41) is 11.6. The molecule has 1 aliphatic rings. The molecule has 1 atom stereocenters. The number of pyridine rings is 1. The van der Waals surface area contributed by atoms with E-state index in [-0.39, 0.29) is 11.6 Å². The molecule has 2 heterocycles. The number of aromatic nitrogens is 1. The van der Waals surface area contributed by atoms with E-state index in [1.54, 1.807) is 4.90 Å². The highest BCUT2D eigenvalue weighted by Gasteiger charge is 2.28. The van der Waals surface area contributed by atoms with E-state index < -0.39 is 5.97 Å². The number of urea groups is 1. The lowest BCUT2D eigenvalue weighted by molar-refractivity contribution is 0.0696. The van der Waals surface area contributed by atoms with Gasteiger partial charge in [0.05, 0.1) is 17.4 Å². The number of carboxylic acids is 1. The third-order valence-electron chi connectivity index (χ3n) is 3.69. The monoisotopic (exact) mass is 277 g/mol. The van der Waals surface area contributed by atoms with Crippen LogP contribution < -0.4 is 5.32 Å². The van der Waals surface area contributed by atoms with Crippen molar-refractivity contribution in [2.75, 3.05) is 18.4 Å². The zero-order valence-electron chi connectivity index (χ0n) is 11.7. The molecule has 1 aromatic rings. The molecular formula is C14H19N3O3. The molecule has 0 aromatic carbocycles. The Hall–Kier alpha value is -2.11. The number of aromatic carboxylic acids is 1. The molecule has 0 aliphatic carbocycles. The second-order valence-electron chi connectivity index (χ2n) is 5.44. The van der Waals surface area contributed by atoms with Gasteiger partial charge in [-0.1, -0.05) is 13.8 Å². The summed E-state index contributed by atoms with van der Waals surface area (Å²) in [4.78, 5) is 28.5. The van der Waals surface area contributed by atoms with Crippen LogP contribution in [0, 0.1) is 11.8 Å². The number of hydrogen-bond acceptors (Lipinski definition) is 3. The van der Waals surface area contributed by atoms with E-state index in [4.69, 9.17) is 5.11 Å². The Labute approximate surface area is 117 Å². The van der Waals surface area contributed by atoms with E-state index in [9.17, 15) is 9.59 Å². The van der Waals surface area contributed by atoms with Crippen molar-refractivity contribution in [2.24, 2.45) is 11.8 Å². The maximum absolute atomic E-state index is 12.1. The Morgan fingerprint density at radius 3 is 2.80 bits per heavy atom. The maximum atomic E-state index is 12.1. The summed E-state index contributed by atoms with van der Waals surface area (Å²) in [5.74, 6) is 0.0312. The first-order valence-corrected chi connectivity index (χ1v) is 6.71. The molecule has 6 nitrogen and oxygen atoms in total. The Morgan fingerprint density at radius 2 is 2.20 bits per heavy atom. The van der Waals surface area contributed by atoms with Gasteiger partial charge in [-0.05, 0) is 24.3 Å². The molecule has 1 unspecified atom stereocenters. The Balaban J connectivity index is 1.98. The van der Waals surface area contributed by atoms with Crippen LogP contribution in [0.4, 0.5) is 10.5 Å². The number of nitrogens with zero attached hydrogens (tertiary/aromatic N) is 2. The van der Waals surface area contributed by atoms with Gasteiger partial charge in [-0.25, -0.2) is 9.59 Å². The average molecular weight is 277 g/mol. The average Bonchev–Trinajstić information content (AvgIpc) is 2.88. The Kier molecular flexibility index (Phi) is 4.22. The van der Waals surface area contributed by atoms with Crippen molar-refractivity contribution in [3.05, 3.63) is 24.0 Å². The van der Waals surface area contributed by atoms with E-state index in [0.29, 0.717) is 17.5 Å². The minimum absolute atomic E-state index is 0.0595. The number of anilines is 1. The van der Waals surface area contributed by atoms with Gasteiger partial charge in [-0.15, -0.1) is 0 Å². The zero-order valence-corrected chi connectivity index (χ0v) is 11.7. The van der Waals surface area contributed by atoms with Crippen molar-refractivity contribution in [2.45, 2.75) is 20.3 Å². The van der Waals surface area contributed by atoms with E-state index in [0.717, 1.165) is 19.5 Å². The van der Waals surface area contributed by atoms with Gasteiger partial charge in [0.15, 0.2) is 0 Å². The van der Waals surface area contributed by atoms with Gasteiger partial charge in [0.1, 0.15) is 0 Å². The van der Waals surface area contributed by atoms with E-state index >= 15 is 0 Å². The minimum Gasteiger partial charge on any atom is -0.478 e. The fraction of sp³-hybridized carbons (Fsp3) is 0.500. The number of carbonyl (C=O) groups excluding carboxylic acids is 1. The molecule has 2 N–H and O–H groups in total. The van der Waals surface area contributed by atoms with Crippen LogP contribution in [0.25, 0.3) is 0 Å². The lowest BCUT2D eigenvalue weighted by Gasteiger charge is -2.18. The molecule has 20 heavy (non-hydrogen) atoms. The van der Waals surface area contributed by atoms with Crippen LogP contribution in [-0.2, 0) is 0 Å². The predicted molar refractivity (Wildman–Crippen MR) is 74.7 cm³/mol. The smallest absolute Gasteiger partial charge is 0.337 e. The fourth-order valence-electron chi connectivity index (χ4n) is 2.34. The van der Waals surface area contributed by atoms with Crippen LogP contribution in [0.2, 0.25) is 0 Å². The van der Waals surface area contributed by atoms with Crippen molar-refractivity contribution in [1.29, 1.82) is 0 Å². The van der Waals surface area contributed by atoms with Crippen LogP contribution in [0.1, 0.15) is 30.6 Å². The standard InChI is InChI=1S/C14H19N3O3/c1-9(2)10-3-4-17(8-10)14(20)16-12-5-11(13(18)19)6-15-7-12/h5-7,9-10H,3-4,8H2,1-2H3,(H,16,20)(H,18,19). The number of nitrogens with one attached hydrogen (secondary N) is 1. The highest BCUT2D eigenvalue weighted by Crippen LogP contribution is 2.24. The summed E-state index contributed by atoms with van der Waals surface area (Å²) in [7, 11) is 0. The number of carbonyl (C=O) groups is 2. The van der Waals surface area contributed by atoms with Gasteiger partial charge in [-0.2, -0.15) is 0 Å². The summed E-state index contributed by atoms with van der Waals surface area (Å²) in [5.41, 5.74) is 0.465. The minimum atomic E-state index is -1.06. The molecule has 2 amide bonds. The fourth-order valence-corrected chi connectivity index (χ4v) is 2.34. The molecule has 0 bridgehead atoms. The van der Waals surface area contributed by atoms with Crippen LogP contribution in [0.5, 0.6) is 0 Å². The molecule has 1 fully saturated rings. The molecule has 0 radical (unpaired) electrons. The quantitative estimate of drug-likeness (QED) is 0.888. The SMILES string of the molecule is CC(C)C1CCN(C(=O)Nc2cncc(C(=O)O)c2)C1. The van der Waals surface area contributed by atoms with Gasteiger partial charge >= 0.3 is 12.0 Å². The summed E-state index contributed by atoms with van der Waals surface area (Å²) >= 11 is 0. The summed E-state index contributed by atoms with van der Waals surface area (Å²) in [6, 6.07) is 1.21. The van der Waals surface area contributed by atoms with Crippen molar-refractivity contribution in [1.82, 2.24) is 9.88 Å². The second kappa shape index (κ2) is 5.90. The first kappa shape index (κ1) is 14.3. The topological polar surface area (TPSA) is 82.5 Å².